The van der Waals surface area contributed by atoms with Crippen LogP contribution in [0.25, 0.3) is 0 Å². The van der Waals surface area contributed by atoms with Gasteiger partial charge in [0, 0.05) is 17.6 Å². The van der Waals surface area contributed by atoms with E-state index in [-0.39, 0.29) is 0 Å². The molecule has 1 heterocycles. The first-order valence-corrected chi connectivity index (χ1v) is 6.60. The molecule has 0 unspecified atom stereocenters. The second kappa shape index (κ2) is 3.64. The van der Waals surface area contributed by atoms with Crippen LogP contribution in [0.3, 0.4) is 0 Å². The zero-order valence-electron chi connectivity index (χ0n) is 7.48. The summed E-state index contributed by atoms with van der Waals surface area (Å²) in [7, 11) is -3.22. The maximum absolute atomic E-state index is 11.9. The van der Waals surface area contributed by atoms with Gasteiger partial charge in [0.1, 0.15) is 0 Å². The molecule has 2 rings (SSSR count). The van der Waals surface area contributed by atoms with Gasteiger partial charge < -0.3 is 0 Å². The van der Waals surface area contributed by atoms with Gasteiger partial charge in [0.2, 0.25) is 10.0 Å². The van der Waals surface area contributed by atoms with E-state index in [1.165, 1.54) is 4.31 Å². The molecule has 14 heavy (non-hydrogen) atoms. The minimum atomic E-state index is -3.22. The molecule has 5 heteroatoms. The van der Waals surface area contributed by atoms with Crippen molar-refractivity contribution < 1.29 is 8.42 Å². The van der Waals surface area contributed by atoms with Gasteiger partial charge in [-0.15, -0.1) is 0 Å². The van der Waals surface area contributed by atoms with Gasteiger partial charge >= 0.3 is 0 Å². The highest BCUT2D eigenvalue weighted by Gasteiger charge is 2.29. The Kier molecular flexibility index (Phi) is 2.64. The number of nitrogens with zero attached hydrogens (tertiary/aromatic N) is 1. The van der Waals surface area contributed by atoms with Crippen LogP contribution in [0.2, 0.25) is 0 Å². The third kappa shape index (κ3) is 1.71. The molecule has 0 amide bonds. The van der Waals surface area contributed by atoms with Crippen LogP contribution >= 0.6 is 15.9 Å². The van der Waals surface area contributed by atoms with E-state index < -0.39 is 10.0 Å². The number of rotatable bonds is 2. The van der Waals surface area contributed by atoms with Gasteiger partial charge in [-0.1, -0.05) is 22.0 Å². The molecular formula is C9H10BrNO2S. The highest BCUT2D eigenvalue weighted by Crippen LogP contribution is 2.23. The molecule has 1 aliphatic rings. The molecule has 0 spiro atoms. The Morgan fingerprint density at radius 3 is 2.50 bits per heavy atom. The maximum atomic E-state index is 11.9. The van der Waals surface area contributed by atoms with Crippen molar-refractivity contribution in [3.8, 4) is 0 Å². The van der Waals surface area contributed by atoms with Crippen LogP contribution in [0.5, 0.6) is 0 Å². The second-order valence-electron chi connectivity index (χ2n) is 3.22. The first kappa shape index (κ1) is 10.1. The summed E-state index contributed by atoms with van der Waals surface area (Å²) in [5.74, 6) is 0. The van der Waals surface area contributed by atoms with Crippen molar-refractivity contribution in [1.29, 1.82) is 0 Å². The Morgan fingerprint density at radius 1 is 1.29 bits per heavy atom. The molecule has 0 aliphatic carbocycles. The van der Waals surface area contributed by atoms with Gasteiger partial charge in [-0.3, -0.25) is 0 Å². The maximum Gasteiger partial charge on any atom is 0.243 e. The summed E-state index contributed by atoms with van der Waals surface area (Å²) in [6, 6.07) is 6.80. The van der Waals surface area contributed by atoms with Crippen molar-refractivity contribution in [3.63, 3.8) is 0 Å². The normalized spacial score (nSPS) is 17.8. The van der Waals surface area contributed by atoms with Crippen LogP contribution < -0.4 is 0 Å². The van der Waals surface area contributed by atoms with Crippen LogP contribution in [0.1, 0.15) is 6.42 Å². The molecule has 0 aromatic heterocycles. The van der Waals surface area contributed by atoms with E-state index in [1.807, 2.05) is 6.07 Å². The average Bonchev–Trinajstić information content (AvgIpc) is 2.00. The number of hydrogen-bond acceptors (Lipinski definition) is 2. The van der Waals surface area contributed by atoms with E-state index in [9.17, 15) is 8.42 Å². The molecule has 0 bridgehead atoms. The summed E-state index contributed by atoms with van der Waals surface area (Å²) in [5, 5.41) is 0. The summed E-state index contributed by atoms with van der Waals surface area (Å²) < 4.78 is 26.0. The van der Waals surface area contributed by atoms with Crippen LogP contribution in [0, 0.1) is 0 Å². The van der Waals surface area contributed by atoms with E-state index >= 15 is 0 Å². The third-order valence-corrected chi connectivity index (χ3v) is 4.64. The molecule has 76 valence electrons. The smallest absolute Gasteiger partial charge is 0.207 e. The Hall–Kier alpha value is -0.390. The Balaban J connectivity index is 2.38. The zero-order chi connectivity index (χ0) is 10.2. The fraction of sp³-hybridized carbons (Fsp3) is 0.333. The van der Waals surface area contributed by atoms with Gasteiger partial charge in [0.25, 0.3) is 0 Å². The largest absolute Gasteiger partial charge is 0.243 e. The third-order valence-electron chi connectivity index (χ3n) is 2.25. The topological polar surface area (TPSA) is 37.4 Å². The SMILES string of the molecule is O=S(=O)(c1cccc(Br)c1)N1CCC1. The van der Waals surface area contributed by atoms with Crippen LogP contribution in [0.4, 0.5) is 0 Å². The molecule has 0 saturated carbocycles. The van der Waals surface area contributed by atoms with Crippen molar-refractivity contribution >= 4 is 26.0 Å². The first-order valence-electron chi connectivity index (χ1n) is 4.36. The van der Waals surface area contributed by atoms with Gasteiger partial charge in [-0.2, -0.15) is 4.31 Å². The van der Waals surface area contributed by atoms with Gasteiger partial charge in [-0.25, -0.2) is 8.42 Å². The van der Waals surface area contributed by atoms with Crippen LogP contribution in [0.15, 0.2) is 33.6 Å². The molecule has 1 saturated heterocycles. The molecule has 1 aromatic rings. The second-order valence-corrected chi connectivity index (χ2v) is 6.07. The lowest BCUT2D eigenvalue weighted by atomic mass is 10.3. The Morgan fingerprint density at radius 2 is 2.00 bits per heavy atom. The summed E-state index contributed by atoms with van der Waals surface area (Å²) >= 11 is 3.26. The minimum absolute atomic E-state index is 0.367. The van der Waals surface area contributed by atoms with Crippen molar-refractivity contribution in [1.82, 2.24) is 4.31 Å². The quantitative estimate of drug-likeness (QED) is 0.826. The lowest BCUT2D eigenvalue weighted by molar-refractivity contribution is 0.309. The molecule has 1 fully saturated rings. The van der Waals surface area contributed by atoms with Gasteiger partial charge in [0.15, 0.2) is 0 Å². The molecular weight excluding hydrogens is 266 g/mol. The average molecular weight is 276 g/mol. The standard InChI is InChI=1S/C9H10BrNO2S/c10-8-3-1-4-9(7-8)14(12,13)11-5-2-6-11/h1,3-4,7H,2,5-6H2. The zero-order valence-corrected chi connectivity index (χ0v) is 9.88. The fourth-order valence-electron chi connectivity index (χ4n) is 1.30. The number of benzene rings is 1. The molecule has 0 atom stereocenters. The van der Waals surface area contributed by atoms with E-state index in [4.69, 9.17) is 0 Å². The minimum Gasteiger partial charge on any atom is -0.207 e. The predicted molar refractivity (Wildman–Crippen MR) is 57.5 cm³/mol. The van der Waals surface area contributed by atoms with Crippen molar-refractivity contribution in [2.45, 2.75) is 11.3 Å². The summed E-state index contributed by atoms with van der Waals surface area (Å²) in [6.45, 7) is 1.30. The van der Waals surface area contributed by atoms with Crippen molar-refractivity contribution in [2.24, 2.45) is 0 Å². The molecule has 0 N–H and O–H groups in total. The predicted octanol–water partition coefficient (Wildman–Crippen LogP) is 1.84. The van der Waals surface area contributed by atoms with E-state index in [0.717, 1.165) is 10.9 Å². The van der Waals surface area contributed by atoms with Crippen LogP contribution in [-0.2, 0) is 10.0 Å². The van der Waals surface area contributed by atoms with Gasteiger partial charge in [-0.05, 0) is 24.6 Å². The molecule has 0 radical (unpaired) electrons. The number of halogens is 1. The Bertz CT molecular complexity index is 440. The first-order chi connectivity index (χ1) is 6.60. The van der Waals surface area contributed by atoms with E-state index in [0.29, 0.717) is 18.0 Å². The molecule has 1 aromatic carbocycles. The number of hydrogen-bond donors (Lipinski definition) is 0. The van der Waals surface area contributed by atoms with Crippen molar-refractivity contribution in [2.75, 3.05) is 13.1 Å². The summed E-state index contributed by atoms with van der Waals surface area (Å²) in [6.07, 6.45) is 0.966. The lowest BCUT2D eigenvalue weighted by Gasteiger charge is -2.29. The Labute approximate surface area is 91.9 Å². The molecule has 1 aliphatic heterocycles. The number of sulfonamides is 1. The van der Waals surface area contributed by atoms with E-state index in [2.05, 4.69) is 15.9 Å². The lowest BCUT2D eigenvalue weighted by Crippen LogP contribution is -2.41. The van der Waals surface area contributed by atoms with Crippen LogP contribution in [-0.4, -0.2) is 25.8 Å². The fourth-order valence-corrected chi connectivity index (χ4v) is 3.42. The van der Waals surface area contributed by atoms with Gasteiger partial charge in [0.05, 0.1) is 4.90 Å². The monoisotopic (exact) mass is 275 g/mol. The van der Waals surface area contributed by atoms with Crippen molar-refractivity contribution in [3.05, 3.63) is 28.7 Å². The summed E-state index contributed by atoms with van der Waals surface area (Å²) in [4.78, 5) is 0.367. The summed E-state index contributed by atoms with van der Waals surface area (Å²) in [5.41, 5.74) is 0. The highest BCUT2D eigenvalue weighted by molar-refractivity contribution is 9.10. The van der Waals surface area contributed by atoms with E-state index in [1.54, 1.807) is 18.2 Å². The molecule has 3 nitrogen and oxygen atoms in total. The highest BCUT2D eigenvalue weighted by atomic mass is 79.9.